The Morgan fingerprint density at radius 3 is 2.70 bits per heavy atom. The van der Waals surface area contributed by atoms with Gasteiger partial charge >= 0.3 is 5.97 Å². The lowest BCUT2D eigenvalue weighted by Gasteiger charge is -2.31. The molecular formula is C16H18ClFN2O3. The molecular weight excluding hydrogens is 323 g/mol. The predicted molar refractivity (Wildman–Crippen MR) is 84.1 cm³/mol. The van der Waals surface area contributed by atoms with E-state index in [0.717, 1.165) is 12.8 Å². The summed E-state index contributed by atoms with van der Waals surface area (Å²) in [5.74, 6) is -1.68. The van der Waals surface area contributed by atoms with E-state index in [4.69, 9.17) is 11.6 Å². The van der Waals surface area contributed by atoms with Crippen LogP contribution in [0.25, 0.3) is 0 Å². The zero-order valence-electron chi connectivity index (χ0n) is 12.7. The van der Waals surface area contributed by atoms with Crippen LogP contribution in [0.1, 0.15) is 26.2 Å². The fourth-order valence-electron chi connectivity index (χ4n) is 3.19. The number of aliphatic carboxylic acids is 1. The Bertz CT molecular complexity index is 650. The normalized spacial score (nSPS) is 22.7. The molecule has 2 unspecified atom stereocenters. The molecule has 124 valence electrons. The molecule has 1 aromatic rings. The van der Waals surface area contributed by atoms with Crippen molar-refractivity contribution < 1.29 is 19.1 Å². The smallest absolute Gasteiger partial charge is 0.320 e. The van der Waals surface area contributed by atoms with Crippen molar-refractivity contribution in [2.45, 2.75) is 44.3 Å². The van der Waals surface area contributed by atoms with Gasteiger partial charge in [-0.25, -0.2) is 4.39 Å². The average Bonchev–Trinajstić information content (AvgIpc) is 3.27. The van der Waals surface area contributed by atoms with Gasteiger partial charge in [0.1, 0.15) is 11.9 Å². The van der Waals surface area contributed by atoms with Gasteiger partial charge in [-0.2, -0.15) is 0 Å². The average molecular weight is 341 g/mol. The van der Waals surface area contributed by atoms with Crippen LogP contribution >= 0.6 is 11.6 Å². The number of carboxylic acids is 1. The van der Waals surface area contributed by atoms with Crippen molar-refractivity contribution in [3.05, 3.63) is 29.0 Å². The number of rotatable bonds is 5. The highest BCUT2D eigenvalue weighted by Gasteiger charge is 2.46. The first-order chi connectivity index (χ1) is 10.9. The summed E-state index contributed by atoms with van der Waals surface area (Å²) in [6.45, 7) is 2.05. The van der Waals surface area contributed by atoms with Crippen molar-refractivity contribution >= 4 is 29.2 Å². The van der Waals surface area contributed by atoms with Crippen molar-refractivity contribution in [1.29, 1.82) is 0 Å². The summed E-state index contributed by atoms with van der Waals surface area (Å²) >= 11 is 5.68. The van der Waals surface area contributed by atoms with Gasteiger partial charge in [-0.3, -0.25) is 14.5 Å². The van der Waals surface area contributed by atoms with Crippen molar-refractivity contribution in [2.24, 2.45) is 0 Å². The van der Waals surface area contributed by atoms with Gasteiger partial charge in [-0.1, -0.05) is 11.6 Å². The number of nitrogens with zero attached hydrogens (tertiary/aromatic N) is 2. The van der Waals surface area contributed by atoms with Crippen molar-refractivity contribution in [2.75, 3.05) is 11.4 Å². The number of carbonyl (C=O) groups excluding carboxylic acids is 1. The number of carbonyl (C=O) groups is 2. The Morgan fingerprint density at radius 1 is 1.43 bits per heavy atom. The molecule has 0 aromatic heterocycles. The minimum Gasteiger partial charge on any atom is -0.480 e. The van der Waals surface area contributed by atoms with E-state index in [1.54, 1.807) is 17.9 Å². The fraction of sp³-hybridized carbons (Fsp3) is 0.500. The maximum Gasteiger partial charge on any atom is 0.320 e. The van der Waals surface area contributed by atoms with Crippen molar-refractivity contribution in [3.8, 4) is 0 Å². The molecule has 0 radical (unpaired) electrons. The molecule has 1 saturated heterocycles. The Balaban J connectivity index is 1.82. The van der Waals surface area contributed by atoms with Gasteiger partial charge in [0, 0.05) is 18.3 Å². The highest BCUT2D eigenvalue weighted by Crippen LogP contribution is 2.35. The van der Waals surface area contributed by atoms with E-state index in [2.05, 4.69) is 0 Å². The van der Waals surface area contributed by atoms with Gasteiger partial charge in [-0.15, -0.1) is 0 Å². The maximum atomic E-state index is 13.6. The summed E-state index contributed by atoms with van der Waals surface area (Å²) in [7, 11) is 0. The quantitative estimate of drug-likeness (QED) is 0.894. The van der Waals surface area contributed by atoms with Crippen LogP contribution in [0.3, 0.4) is 0 Å². The lowest BCUT2D eigenvalue weighted by Crippen LogP contribution is -2.50. The van der Waals surface area contributed by atoms with Gasteiger partial charge < -0.3 is 10.0 Å². The minimum absolute atomic E-state index is 0.0102. The van der Waals surface area contributed by atoms with Gasteiger partial charge in [0.2, 0.25) is 5.91 Å². The van der Waals surface area contributed by atoms with Crippen LogP contribution in [-0.4, -0.2) is 46.6 Å². The highest BCUT2D eigenvalue weighted by atomic mass is 35.5. The van der Waals surface area contributed by atoms with Gasteiger partial charge in [0.15, 0.2) is 0 Å². The third-order valence-electron chi connectivity index (χ3n) is 4.53. The summed E-state index contributed by atoms with van der Waals surface area (Å²) < 4.78 is 13.6. The molecule has 5 nitrogen and oxygen atoms in total. The highest BCUT2D eigenvalue weighted by molar-refractivity contribution is 6.30. The molecule has 1 saturated carbocycles. The van der Waals surface area contributed by atoms with E-state index in [1.165, 1.54) is 17.0 Å². The third kappa shape index (κ3) is 3.05. The minimum atomic E-state index is -0.930. The number of hydrogen-bond donors (Lipinski definition) is 1. The van der Waals surface area contributed by atoms with Crippen LogP contribution in [0.4, 0.5) is 10.1 Å². The largest absolute Gasteiger partial charge is 0.480 e. The summed E-state index contributed by atoms with van der Waals surface area (Å²) in [5, 5.41) is 9.30. The molecule has 7 heteroatoms. The van der Waals surface area contributed by atoms with E-state index >= 15 is 0 Å². The van der Waals surface area contributed by atoms with Crippen LogP contribution in [0.2, 0.25) is 5.02 Å². The first-order valence-electron chi connectivity index (χ1n) is 7.67. The predicted octanol–water partition coefficient (Wildman–Crippen LogP) is 2.52. The molecule has 2 aliphatic rings. The SMILES string of the molecule is CC(C(=O)O)N(C1CC1)C1CCN(c2ccc(Cl)c(F)c2)C1=O. The number of benzene rings is 1. The molecule has 1 amide bonds. The molecule has 1 aliphatic carbocycles. The first-order valence-corrected chi connectivity index (χ1v) is 8.04. The van der Waals surface area contributed by atoms with Crippen LogP contribution in [0, 0.1) is 5.82 Å². The number of halogens is 2. The lowest BCUT2D eigenvalue weighted by atomic mass is 10.1. The van der Waals surface area contributed by atoms with E-state index < -0.39 is 23.9 Å². The second-order valence-electron chi connectivity index (χ2n) is 6.09. The van der Waals surface area contributed by atoms with Crippen LogP contribution in [-0.2, 0) is 9.59 Å². The Kier molecular flexibility index (Phi) is 4.29. The van der Waals surface area contributed by atoms with Crippen molar-refractivity contribution in [1.82, 2.24) is 4.90 Å². The molecule has 2 atom stereocenters. The van der Waals surface area contributed by atoms with E-state index in [9.17, 15) is 19.1 Å². The molecule has 1 aromatic carbocycles. The van der Waals surface area contributed by atoms with Gasteiger partial charge in [-0.05, 0) is 44.4 Å². The Morgan fingerprint density at radius 2 is 2.13 bits per heavy atom. The van der Waals surface area contributed by atoms with Crippen LogP contribution in [0.15, 0.2) is 18.2 Å². The topological polar surface area (TPSA) is 60.9 Å². The van der Waals surface area contributed by atoms with E-state index in [1.807, 2.05) is 0 Å². The third-order valence-corrected chi connectivity index (χ3v) is 4.83. The standard InChI is InChI=1S/C16H18ClFN2O3/c1-9(16(22)23)20(10-2-3-10)14-6-7-19(15(14)21)11-4-5-12(17)13(18)8-11/h4-5,8-10,14H,2-3,6-7H2,1H3,(H,22,23). The van der Waals surface area contributed by atoms with Crippen LogP contribution in [0.5, 0.6) is 0 Å². The van der Waals surface area contributed by atoms with Gasteiger partial charge in [0.25, 0.3) is 0 Å². The molecule has 3 rings (SSSR count). The maximum absolute atomic E-state index is 13.6. The Labute approximate surface area is 138 Å². The summed E-state index contributed by atoms with van der Waals surface area (Å²) in [4.78, 5) is 27.4. The molecule has 2 fully saturated rings. The lowest BCUT2D eigenvalue weighted by molar-refractivity contribution is -0.144. The molecule has 1 heterocycles. The first kappa shape index (κ1) is 16.2. The van der Waals surface area contributed by atoms with Crippen LogP contribution < -0.4 is 4.90 Å². The second-order valence-corrected chi connectivity index (χ2v) is 6.49. The molecule has 1 aliphatic heterocycles. The number of anilines is 1. The monoisotopic (exact) mass is 340 g/mol. The number of hydrogen-bond acceptors (Lipinski definition) is 3. The second kappa shape index (κ2) is 6.09. The fourth-order valence-corrected chi connectivity index (χ4v) is 3.31. The number of carboxylic acid groups (broad SMARTS) is 1. The summed E-state index contributed by atoms with van der Waals surface area (Å²) in [6, 6.07) is 3.24. The summed E-state index contributed by atoms with van der Waals surface area (Å²) in [6.07, 6.45) is 2.37. The van der Waals surface area contributed by atoms with Crippen molar-refractivity contribution in [3.63, 3.8) is 0 Å². The summed E-state index contributed by atoms with van der Waals surface area (Å²) in [5.41, 5.74) is 0.457. The van der Waals surface area contributed by atoms with Gasteiger partial charge in [0.05, 0.1) is 11.1 Å². The molecule has 23 heavy (non-hydrogen) atoms. The Hall–Kier alpha value is -1.66. The molecule has 0 bridgehead atoms. The number of amides is 1. The zero-order chi connectivity index (χ0) is 16.7. The zero-order valence-corrected chi connectivity index (χ0v) is 13.5. The van der Waals surface area contributed by atoms with E-state index in [0.29, 0.717) is 18.7 Å². The molecule has 1 N–H and O–H groups in total. The molecule has 0 spiro atoms. The van der Waals surface area contributed by atoms with E-state index in [-0.39, 0.29) is 17.0 Å².